The van der Waals surface area contributed by atoms with Crippen molar-refractivity contribution in [2.75, 3.05) is 56.2 Å². The molecule has 0 saturated carbocycles. The van der Waals surface area contributed by atoms with E-state index in [1.807, 2.05) is 6.92 Å². The number of amides is 1. The molecule has 4 rings (SSSR count). The number of rotatable bonds is 7. The Morgan fingerprint density at radius 1 is 1.00 bits per heavy atom. The van der Waals surface area contributed by atoms with Crippen molar-refractivity contribution in [2.24, 2.45) is 0 Å². The number of piperidine rings is 1. The number of hydrogen-bond acceptors (Lipinski definition) is 6. The molecule has 2 aliphatic heterocycles. The van der Waals surface area contributed by atoms with Crippen molar-refractivity contribution < 1.29 is 22.7 Å². The summed E-state index contributed by atoms with van der Waals surface area (Å²) in [6.45, 7) is 5.91. The van der Waals surface area contributed by atoms with E-state index in [2.05, 4.69) is 10.2 Å². The Kier molecular flexibility index (Phi) is 7.52. The number of nitrogens with one attached hydrogen (secondary N) is 1. The summed E-state index contributed by atoms with van der Waals surface area (Å²) >= 11 is 0. The average Bonchev–Trinajstić information content (AvgIpc) is 2.86. The van der Waals surface area contributed by atoms with Crippen LogP contribution in [0, 0.1) is 0 Å². The molecule has 0 unspecified atom stereocenters. The molecule has 2 aromatic carbocycles. The van der Waals surface area contributed by atoms with Crippen LogP contribution in [0.4, 0.5) is 11.4 Å². The minimum Gasteiger partial charge on any atom is -0.494 e. The van der Waals surface area contributed by atoms with Gasteiger partial charge < -0.3 is 19.7 Å². The zero-order chi connectivity index (χ0) is 23.3. The molecule has 2 heterocycles. The van der Waals surface area contributed by atoms with Crippen LogP contribution in [0.15, 0.2) is 47.4 Å². The number of ether oxygens (including phenoxy) is 2. The molecule has 2 aromatic rings. The molecule has 0 atom stereocenters. The first-order valence-electron chi connectivity index (χ1n) is 11.5. The van der Waals surface area contributed by atoms with Crippen LogP contribution in [-0.4, -0.2) is 64.6 Å². The lowest BCUT2D eigenvalue weighted by molar-refractivity contribution is 0.102. The van der Waals surface area contributed by atoms with Gasteiger partial charge in [-0.2, -0.15) is 4.31 Å². The van der Waals surface area contributed by atoms with Gasteiger partial charge in [-0.15, -0.1) is 0 Å². The molecule has 1 amide bonds. The second-order valence-corrected chi connectivity index (χ2v) is 10.1. The van der Waals surface area contributed by atoms with Gasteiger partial charge in [0.2, 0.25) is 10.0 Å². The summed E-state index contributed by atoms with van der Waals surface area (Å²) in [6, 6.07) is 12.0. The number of nitrogens with zero attached hydrogens (tertiary/aromatic N) is 2. The maximum atomic E-state index is 13.3. The predicted octanol–water partition coefficient (Wildman–Crippen LogP) is 3.35. The van der Waals surface area contributed by atoms with E-state index in [4.69, 9.17) is 9.47 Å². The van der Waals surface area contributed by atoms with Gasteiger partial charge in [-0.3, -0.25) is 4.79 Å². The van der Waals surface area contributed by atoms with Gasteiger partial charge in [-0.1, -0.05) is 6.42 Å². The number of anilines is 2. The minimum absolute atomic E-state index is 0.151. The van der Waals surface area contributed by atoms with Gasteiger partial charge in [-0.05, 0) is 62.2 Å². The molecule has 178 valence electrons. The summed E-state index contributed by atoms with van der Waals surface area (Å²) in [7, 11) is -3.66. The van der Waals surface area contributed by atoms with Crippen LogP contribution in [0.1, 0.15) is 36.5 Å². The second-order valence-electron chi connectivity index (χ2n) is 8.15. The molecule has 0 spiro atoms. The highest BCUT2D eigenvalue weighted by molar-refractivity contribution is 7.89. The Balaban J connectivity index is 1.65. The Labute approximate surface area is 195 Å². The number of benzene rings is 2. The van der Waals surface area contributed by atoms with Gasteiger partial charge in [0.1, 0.15) is 5.75 Å². The molecular weight excluding hydrogens is 442 g/mol. The minimum atomic E-state index is -3.66. The molecule has 0 aliphatic carbocycles. The van der Waals surface area contributed by atoms with E-state index < -0.39 is 10.0 Å². The lowest BCUT2D eigenvalue weighted by atomic mass is 10.1. The highest BCUT2D eigenvalue weighted by atomic mass is 32.2. The first-order valence-corrected chi connectivity index (χ1v) is 12.9. The number of carbonyl (C=O) groups is 1. The first-order chi connectivity index (χ1) is 16.0. The van der Waals surface area contributed by atoms with Gasteiger partial charge >= 0.3 is 0 Å². The molecular formula is C24H31N3O5S. The molecule has 0 radical (unpaired) electrons. The van der Waals surface area contributed by atoms with E-state index in [1.54, 1.807) is 36.4 Å². The zero-order valence-electron chi connectivity index (χ0n) is 19.0. The number of sulfonamides is 1. The van der Waals surface area contributed by atoms with E-state index in [1.165, 1.54) is 10.4 Å². The van der Waals surface area contributed by atoms with Crippen LogP contribution >= 0.6 is 0 Å². The average molecular weight is 474 g/mol. The van der Waals surface area contributed by atoms with E-state index in [0.29, 0.717) is 62.9 Å². The van der Waals surface area contributed by atoms with Crippen LogP contribution < -0.4 is 15.0 Å². The third kappa shape index (κ3) is 5.48. The first kappa shape index (κ1) is 23.5. The third-order valence-electron chi connectivity index (χ3n) is 5.94. The fraction of sp³-hybridized carbons (Fsp3) is 0.458. The summed E-state index contributed by atoms with van der Waals surface area (Å²) in [4.78, 5) is 15.5. The number of morpholine rings is 1. The van der Waals surface area contributed by atoms with Crippen LogP contribution in [0.3, 0.4) is 0 Å². The van der Waals surface area contributed by atoms with Crippen molar-refractivity contribution in [1.29, 1.82) is 0 Å². The van der Waals surface area contributed by atoms with Gasteiger partial charge in [0.15, 0.2) is 0 Å². The van der Waals surface area contributed by atoms with E-state index in [-0.39, 0.29) is 10.8 Å². The molecule has 33 heavy (non-hydrogen) atoms. The van der Waals surface area contributed by atoms with Crippen molar-refractivity contribution in [3.63, 3.8) is 0 Å². The lowest BCUT2D eigenvalue weighted by Gasteiger charge is -2.31. The molecule has 2 aliphatic rings. The summed E-state index contributed by atoms with van der Waals surface area (Å²) in [5.74, 6) is 0.371. The van der Waals surface area contributed by atoms with Crippen LogP contribution in [-0.2, 0) is 14.8 Å². The highest BCUT2D eigenvalue weighted by Crippen LogP contribution is 2.29. The number of carbonyl (C=O) groups excluding carboxylic acids is 1. The van der Waals surface area contributed by atoms with Gasteiger partial charge in [0.25, 0.3) is 5.91 Å². The molecule has 1 N–H and O–H groups in total. The maximum absolute atomic E-state index is 13.3. The van der Waals surface area contributed by atoms with E-state index >= 15 is 0 Å². The van der Waals surface area contributed by atoms with Crippen molar-refractivity contribution in [3.8, 4) is 5.75 Å². The summed E-state index contributed by atoms with van der Waals surface area (Å²) < 4.78 is 38.9. The third-order valence-corrected chi connectivity index (χ3v) is 7.84. The molecule has 9 heteroatoms. The standard InChI is InChI=1S/C24H31N3O5S/c1-2-32-20-8-6-19(7-9-20)25-24(28)22-18-21(33(29,30)27-12-4-3-5-13-27)10-11-23(22)26-14-16-31-17-15-26/h6-11,18H,2-5,12-17H2,1H3,(H,25,28). The van der Waals surface area contributed by atoms with Crippen molar-refractivity contribution in [3.05, 3.63) is 48.0 Å². The summed E-state index contributed by atoms with van der Waals surface area (Å²) in [6.07, 6.45) is 2.75. The fourth-order valence-corrected chi connectivity index (χ4v) is 5.74. The SMILES string of the molecule is CCOc1ccc(NC(=O)c2cc(S(=O)(=O)N3CCCCC3)ccc2N2CCOCC2)cc1. The smallest absolute Gasteiger partial charge is 0.257 e. The Morgan fingerprint density at radius 2 is 1.70 bits per heavy atom. The van der Waals surface area contributed by atoms with Crippen molar-refractivity contribution in [1.82, 2.24) is 4.31 Å². The van der Waals surface area contributed by atoms with Crippen LogP contribution in [0.5, 0.6) is 5.75 Å². The van der Waals surface area contributed by atoms with Crippen LogP contribution in [0.2, 0.25) is 0 Å². The Bertz CT molecular complexity index is 1060. The number of hydrogen-bond donors (Lipinski definition) is 1. The second kappa shape index (κ2) is 10.5. The van der Waals surface area contributed by atoms with Gasteiger partial charge in [0.05, 0.1) is 30.3 Å². The monoisotopic (exact) mass is 473 g/mol. The summed E-state index contributed by atoms with van der Waals surface area (Å²) in [5, 5.41) is 2.90. The lowest BCUT2D eigenvalue weighted by Crippen LogP contribution is -2.38. The Hall–Kier alpha value is -2.62. The van der Waals surface area contributed by atoms with Gasteiger partial charge in [-0.25, -0.2) is 8.42 Å². The van der Waals surface area contributed by atoms with E-state index in [0.717, 1.165) is 25.0 Å². The predicted molar refractivity (Wildman–Crippen MR) is 128 cm³/mol. The van der Waals surface area contributed by atoms with Crippen LogP contribution in [0.25, 0.3) is 0 Å². The quantitative estimate of drug-likeness (QED) is 0.664. The maximum Gasteiger partial charge on any atom is 0.257 e. The normalized spacial score (nSPS) is 17.5. The van der Waals surface area contributed by atoms with Crippen molar-refractivity contribution in [2.45, 2.75) is 31.1 Å². The van der Waals surface area contributed by atoms with Crippen molar-refractivity contribution >= 4 is 27.3 Å². The molecule has 2 saturated heterocycles. The highest BCUT2D eigenvalue weighted by Gasteiger charge is 2.28. The Morgan fingerprint density at radius 3 is 2.36 bits per heavy atom. The topological polar surface area (TPSA) is 88.2 Å². The van der Waals surface area contributed by atoms with E-state index in [9.17, 15) is 13.2 Å². The zero-order valence-corrected chi connectivity index (χ0v) is 19.8. The molecule has 0 bridgehead atoms. The fourth-order valence-electron chi connectivity index (χ4n) is 4.19. The van der Waals surface area contributed by atoms with Gasteiger partial charge in [0, 0.05) is 37.6 Å². The molecule has 2 fully saturated rings. The molecule has 8 nitrogen and oxygen atoms in total. The molecule has 0 aromatic heterocycles. The summed E-state index contributed by atoms with van der Waals surface area (Å²) in [5.41, 5.74) is 1.66. The largest absolute Gasteiger partial charge is 0.494 e.